The number of ether oxygens (including phenoxy) is 2. The topological polar surface area (TPSA) is 50.7 Å². The standard InChI is InChI=1S/C13H23NO3/c15-12-7-11(8-12)14-10-1-4-17-13(9-10)2-5-16-6-3-13/h10-12,14-15H,1-9H2. The molecule has 98 valence electrons. The maximum atomic E-state index is 9.31. The first-order valence-corrected chi connectivity index (χ1v) is 6.92. The lowest BCUT2D eigenvalue weighted by Crippen LogP contribution is -2.55. The van der Waals surface area contributed by atoms with Gasteiger partial charge >= 0.3 is 0 Å². The number of nitrogens with one attached hydrogen (secondary N) is 1. The zero-order valence-electron chi connectivity index (χ0n) is 10.4. The van der Waals surface area contributed by atoms with Gasteiger partial charge in [0.15, 0.2) is 0 Å². The lowest BCUT2D eigenvalue weighted by molar-refractivity contribution is -0.142. The van der Waals surface area contributed by atoms with Gasteiger partial charge in [-0.3, -0.25) is 0 Å². The van der Waals surface area contributed by atoms with Gasteiger partial charge in [-0.2, -0.15) is 0 Å². The molecule has 0 radical (unpaired) electrons. The van der Waals surface area contributed by atoms with Crippen LogP contribution in [0.1, 0.15) is 38.5 Å². The third-order valence-electron chi connectivity index (χ3n) is 4.48. The number of rotatable bonds is 2. The molecule has 2 saturated heterocycles. The van der Waals surface area contributed by atoms with Crippen LogP contribution in [0.5, 0.6) is 0 Å². The molecule has 2 aliphatic heterocycles. The third kappa shape index (κ3) is 2.65. The lowest BCUT2D eigenvalue weighted by atomic mass is 9.82. The molecule has 3 aliphatic rings. The van der Waals surface area contributed by atoms with E-state index < -0.39 is 0 Å². The fourth-order valence-electron chi connectivity index (χ4n) is 3.32. The van der Waals surface area contributed by atoms with Crippen LogP contribution in [-0.4, -0.2) is 48.7 Å². The summed E-state index contributed by atoms with van der Waals surface area (Å²) in [4.78, 5) is 0. The summed E-state index contributed by atoms with van der Waals surface area (Å²) in [6.45, 7) is 2.55. The monoisotopic (exact) mass is 241 g/mol. The highest BCUT2D eigenvalue weighted by molar-refractivity contribution is 4.94. The van der Waals surface area contributed by atoms with Gasteiger partial charge in [0, 0.05) is 31.9 Å². The highest BCUT2D eigenvalue weighted by atomic mass is 16.5. The largest absolute Gasteiger partial charge is 0.393 e. The van der Waals surface area contributed by atoms with Crippen LogP contribution in [0.3, 0.4) is 0 Å². The first kappa shape index (κ1) is 11.9. The van der Waals surface area contributed by atoms with Gasteiger partial charge in [0.05, 0.1) is 11.7 Å². The average molecular weight is 241 g/mol. The van der Waals surface area contributed by atoms with Crippen molar-refractivity contribution >= 4 is 0 Å². The summed E-state index contributed by atoms with van der Waals surface area (Å²) in [5.41, 5.74) is 0.0799. The molecule has 1 spiro atoms. The highest BCUT2D eigenvalue weighted by Gasteiger charge is 2.40. The molecule has 2 N–H and O–H groups in total. The smallest absolute Gasteiger partial charge is 0.0741 e. The molecule has 0 bridgehead atoms. The molecule has 0 aromatic heterocycles. The van der Waals surface area contributed by atoms with Gasteiger partial charge in [0.2, 0.25) is 0 Å². The summed E-state index contributed by atoms with van der Waals surface area (Å²) in [6, 6.07) is 1.10. The van der Waals surface area contributed by atoms with Gasteiger partial charge in [-0.15, -0.1) is 0 Å². The maximum absolute atomic E-state index is 9.31. The second kappa shape index (κ2) is 4.84. The molecule has 0 amide bonds. The minimum atomic E-state index is -0.0654. The van der Waals surface area contributed by atoms with Gasteiger partial charge in [-0.25, -0.2) is 0 Å². The molecule has 1 atom stereocenters. The maximum Gasteiger partial charge on any atom is 0.0741 e. The van der Waals surface area contributed by atoms with Crippen molar-refractivity contribution in [3.8, 4) is 0 Å². The first-order chi connectivity index (χ1) is 8.26. The van der Waals surface area contributed by atoms with Gasteiger partial charge in [-0.1, -0.05) is 0 Å². The Morgan fingerprint density at radius 3 is 2.53 bits per heavy atom. The molecule has 0 aromatic rings. The fraction of sp³-hybridized carbons (Fsp3) is 1.00. The van der Waals surface area contributed by atoms with Crippen LogP contribution < -0.4 is 5.32 Å². The van der Waals surface area contributed by atoms with E-state index in [4.69, 9.17) is 9.47 Å². The lowest BCUT2D eigenvalue weighted by Gasteiger charge is -2.45. The molecule has 1 unspecified atom stereocenters. The highest BCUT2D eigenvalue weighted by Crippen LogP contribution is 2.35. The van der Waals surface area contributed by atoms with Crippen molar-refractivity contribution in [3.63, 3.8) is 0 Å². The van der Waals surface area contributed by atoms with E-state index in [0.717, 1.165) is 58.3 Å². The predicted molar refractivity (Wildman–Crippen MR) is 63.9 cm³/mol. The Hall–Kier alpha value is -0.160. The second-order valence-electron chi connectivity index (χ2n) is 5.82. The summed E-state index contributed by atoms with van der Waals surface area (Å²) < 4.78 is 11.4. The third-order valence-corrected chi connectivity index (χ3v) is 4.48. The van der Waals surface area contributed by atoms with Crippen LogP contribution in [0.4, 0.5) is 0 Å². The van der Waals surface area contributed by atoms with Crippen LogP contribution >= 0.6 is 0 Å². The summed E-state index contributed by atoms with van der Waals surface area (Å²) in [5.74, 6) is 0. The molecule has 1 saturated carbocycles. The molecular weight excluding hydrogens is 218 g/mol. The van der Waals surface area contributed by atoms with Crippen LogP contribution in [0, 0.1) is 0 Å². The van der Waals surface area contributed by atoms with Crippen molar-refractivity contribution in [1.82, 2.24) is 5.32 Å². The van der Waals surface area contributed by atoms with Gasteiger partial charge < -0.3 is 19.9 Å². The molecule has 1 aliphatic carbocycles. The van der Waals surface area contributed by atoms with Crippen molar-refractivity contribution in [2.45, 2.75) is 62.3 Å². The Morgan fingerprint density at radius 1 is 1.06 bits per heavy atom. The Balaban J connectivity index is 1.52. The predicted octanol–water partition coefficient (Wildman–Crippen LogP) is 0.827. The van der Waals surface area contributed by atoms with E-state index in [1.54, 1.807) is 0 Å². The molecule has 3 fully saturated rings. The molecule has 2 heterocycles. The van der Waals surface area contributed by atoms with E-state index in [2.05, 4.69) is 5.32 Å². The summed E-state index contributed by atoms with van der Waals surface area (Å²) >= 11 is 0. The number of hydrogen-bond donors (Lipinski definition) is 2. The Kier molecular flexibility index (Phi) is 3.39. The second-order valence-corrected chi connectivity index (χ2v) is 5.82. The Morgan fingerprint density at radius 2 is 1.82 bits per heavy atom. The van der Waals surface area contributed by atoms with E-state index in [1.807, 2.05) is 0 Å². The van der Waals surface area contributed by atoms with Crippen LogP contribution in [0.2, 0.25) is 0 Å². The van der Waals surface area contributed by atoms with Crippen molar-refractivity contribution in [2.75, 3.05) is 19.8 Å². The molecule has 3 rings (SSSR count). The van der Waals surface area contributed by atoms with Crippen molar-refractivity contribution in [2.24, 2.45) is 0 Å². The zero-order valence-corrected chi connectivity index (χ0v) is 10.4. The van der Waals surface area contributed by atoms with Gasteiger partial charge in [0.1, 0.15) is 0 Å². The van der Waals surface area contributed by atoms with Crippen LogP contribution in [0.15, 0.2) is 0 Å². The van der Waals surface area contributed by atoms with Crippen molar-refractivity contribution < 1.29 is 14.6 Å². The Bertz CT molecular complexity index is 254. The SMILES string of the molecule is OC1CC(NC2CCOC3(CCOCC3)C2)C1. The van der Waals surface area contributed by atoms with Gasteiger partial charge in [-0.05, 0) is 38.5 Å². The van der Waals surface area contributed by atoms with Crippen molar-refractivity contribution in [1.29, 1.82) is 0 Å². The number of hydrogen-bond acceptors (Lipinski definition) is 4. The molecular formula is C13H23NO3. The molecule has 4 heteroatoms. The molecule has 4 nitrogen and oxygen atoms in total. The Labute approximate surface area is 103 Å². The summed E-state index contributed by atoms with van der Waals surface area (Å²) in [6.07, 6.45) is 6.08. The van der Waals surface area contributed by atoms with E-state index >= 15 is 0 Å². The minimum absolute atomic E-state index is 0.0654. The zero-order chi connectivity index (χ0) is 11.7. The normalized spacial score (nSPS) is 41.1. The average Bonchev–Trinajstić information content (AvgIpc) is 2.28. The first-order valence-electron chi connectivity index (χ1n) is 6.92. The van der Waals surface area contributed by atoms with Gasteiger partial charge in [0.25, 0.3) is 0 Å². The number of aliphatic hydroxyl groups is 1. The van der Waals surface area contributed by atoms with E-state index in [0.29, 0.717) is 12.1 Å². The van der Waals surface area contributed by atoms with Crippen molar-refractivity contribution in [3.05, 3.63) is 0 Å². The summed E-state index contributed by atoms with van der Waals surface area (Å²) in [5, 5.41) is 13.0. The van der Waals surface area contributed by atoms with E-state index in [1.165, 1.54) is 0 Å². The van der Waals surface area contributed by atoms with E-state index in [9.17, 15) is 5.11 Å². The molecule has 17 heavy (non-hydrogen) atoms. The minimum Gasteiger partial charge on any atom is -0.393 e. The fourth-order valence-corrected chi connectivity index (χ4v) is 3.32. The van der Waals surface area contributed by atoms with Crippen LogP contribution in [0.25, 0.3) is 0 Å². The molecule has 0 aromatic carbocycles. The quantitative estimate of drug-likeness (QED) is 0.752. The number of aliphatic hydroxyl groups excluding tert-OH is 1. The van der Waals surface area contributed by atoms with Crippen LogP contribution in [-0.2, 0) is 9.47 Å². The summed E-state index contributed by atoms with van der Waals surface area (Å²) in [7, 11) is 0. The van der Waals surface area contributed by atoms with E-state index in [-0.39, 0.29) is 11.7 Å².